The normalized spacial score (nSPS) is 15.3. The number of likely N-dealkylation sites (tertiary alicyclic amines) is 1. The van der Waals surface area contributed by atoms with E-state index in [9.17, 15) is 5.11 Å². The molecule has 4 rings (SSSR count). The summed E-state index contributed by atoms with van der Waals surface area (Å²) in [6.45, 7) is 3.43. The maximum absolute atomic E-state index is 9.54. The van der Waals surface area contributed by atoms with Crippen molar-refractivity contribution in [2.24, 2.45) is 0 Å². The van der Waals surface area contributed by atoms with Crippen LogP contribution in [0.1, 0.15) is 29.7 Å². The van der Waals surface area contributed by atoms with Gasteiger partial charge in [-0.25, -0.2) is 9.50 Å². The Morgan fingerprint density at radius 3 is 2.54 bits per heavy atom. The molecule has 0 spiro atoms. The fourth-order valence-electron chi connectivity index (χ4n) is 3.23. The van der Waals surface area contributed by atoms with Gasteiger partial charge in [-0.3, -0.25) is 4.90 Å². The summed E-state index contributed by atoms with van der Waals surface area (Å²) in [4.78, 5) is 10.4. The Balaban J connectivity index is 1.53. The van der Waals surface area contributed by atoms with E-state index in [1.165, 1.54) is 37.1 Å². The molecule has 124 valence electrons. The quantitative estimate of drug-likeness (QED) is 0.757. The lowest BCUT2D eigenvalue weighted by Crippen LogP contribution is -2.18. The summed E-state index contributed by atoms with van der Waals surface area (Å²) in [6.07, 6.45) is 5.01. The van der Waals surface area contributed by atoms with Gasteiger partial charge in [-0.15, -0.1) is 5.10 Å². The predicted molar refractivity (Wildman–Crippen MR) is 90.6 cm³/mol. The van der Waals surface area contributed by atoms with E-state index in [0.717, 1.165) is 12.2 Å². The first-order valence-corrected chi connectivity index (χ1v) is 8.18. The van der Waals surface area contributed by atoms with Crippen LogP contribution in [-0.2, 0) is 13.0 Å². The van der Waals surface area contributed by atoms with Crippen molar-refractivity contribution in [3.05, 3.63) is 47.3 Å². The molecular weight excluding hydrogens is 304 g/mol. The van der Waals surface area contributed by atoms with Gasteiger partial charge in [0.15, 0.2) is 11.5 Å². The summed E-state index contributed by atoms with van der Waals surface area (Å²) in [6, 6.07) is 8.28. The highest BCUT2D eigenvalue weighted by atomic mass is 16.3. The maximum Gasteiger partial charge on any atom is 0.333 e. The highest BCUT2D eigenvalue weighted by Crippen LogP contribution is 2.18. The zero-order valence-electron chi connectivity index (χ0n) is 13.4. The lowest BCUT2D eigenvalue weighted by atomic mass is 10.1. The molecule has 1 saturated heterocycles. The van der Waals surface area contributed by atoms with E-state index in [2.05, 4.69) is 44.2 Å². The van der Waals surface area contributed by atoms with Crippen LogP contribution in [0.5, 0.6) is 6.01 Å². The van der Waals surface area contributed by atoms with Gasteiger partial charge in [0.1, 0.15) is 0 Å². The molecule has 0 unspecified atom stereocenters. The first kappa shape index (κ1) is 14.9. The van der Waals surface area contributed by atoms with Crippen molar-refractivity contribution in [3.8, 4) is 6.01 Å². The number of nitrogens with zero attached hydrogens (tertiary/aromatic N) is 5. The minimum absolute atomic E-state index is 0.176. The van der Waals surface area contributed by atoms with Crippen LogP contribution in [0.3, 0.4) is 0 Å². The molecular formula is C17H20N6O. The van der Waals surface area contributed by atoms with Gasteiger partial charge in [0.25, 0.3) is 0 Å². The topological polar surface area (TPSA) is 92.6 Å². The second-order valence-electron chi connectivity index (χ2n) is 6.26. The highest BCUT2D eigenvalue weighted by molar-refractivity contribution is 5.59. The molecule has 3 heterocycles. The van der Waals surface area contributed by atoms with Crippen molar-refractivity contribution in [1.29, 1.82) is 0 Å². The van der Waals surface area contributed by atoms with Gasteiger partial charge in [-0.1, -0.05) is 24.3 Å². The van der Waals surface area contributed by atoms with E-state index in [0.29, 0.717) is 12.1 Å². The number of nitrogens with two attached hydrogens (primary N) is 1. The molecule has 0 saturated carbocycles. The molecule has 0 radical (unpaired) electrons. The van der Waals surface area contributed by atoms with Crippen molar-refractivity contribution in [2.45, 2.75) is 25.8 Å². The van der Waals surface area contributed by atoms with Gasteiger partial charge in [0.2, 0.25) is 0 Å². The number of rotatable bonds is 4. The van der Waals surface area contributed by atoms with Crippen molar-refractivity contribution in [3.63, 3.8) is 0 Å². The molecule has 1 aliphatic rings. The van der Waals surface area contributed by atoms with Crippen molar-refractivity contribution < 1.29 is 5.11 Å². The molecule has 2 aromatic heterocycles. The molecule has 3 aromatic rings. The van der Waals surface area contributed by atoms with E-state index in [4.69, 9.17) is 5.73 Å². The molecule has 1 fully saturated rings. The number of anilines is 1. The van der Waals surface area contributed by atoms with E-state index in [-0.39, 0.29) is 11.8 Å². The summed E-state index contributed by atoms with van der Waals surface area (Å²) in [5.74, 6) is 0.176. The zero-order chi connectivity index (χ0) is 16.5. The Bertz CT molecular complexity index is 851. The minimum atomic E-state index is -0.347. The van der Waals surface area contributed by atoms with Crippen molar-refractivity contribution in [1.82, 2.24) is 24.5 Å². The standard InChI is InChI=1S/C17H20N6O/c18-15-16-19-10-14(23(16)21-17(24)20-15)9-12-3-5-13(6-4-12)11-22-7-1-2-8-22/h3-6,10H,1-2,7-9,11H2,(H3,18,20,21,24). The minimum Gasteiger partial charge on any atom is -0.478 e. The first-order valence-electron chi connectivity index (χ1n) is 8.18. The summed E-state index contributed by atoms with van der Waals surface area (Å²) in [5, 5.41) is 13.5. The first-order chi connectivity index (χ1) is 11.7. The average molecular weight is 324 g/mol. The lowest BCUT2D eigenvalue weighted by molar-refractivity contribution is 0.331. The third kappa shape index (κ3) is 2.90. The van der Waals surface area contributed by atoms with Gasteiger partial charge >= 0.3 is 6.01 Å². The predicted octanol–water partition coefficient (Wildman–Crippen LogP) is 1.60. The van der Waals surface area contributed by atoms with Crippen LogP contribution in [0.25, 0.3) is 5.65 Å². The second-order valence-corrected chi connectivity index (χ2v) is 6.26. The molecule has 1 aliphatic heterocycles. The van der Waals surface area contributed by atoms with Gasteiger partial charge in [0, 0.05) is 13.0 Å². The fraction of sp³-hybridized carbons (Fsp3) is 0.353. The van der Waals surface area contributed by atoms with Gasteiger partial charge in [0.05, 0.1) is 11.9 Å². The van der Waals surface area contributed by atoms with Crippen LogP contribution in [0, 0.1) is 0 Å². The van der Waals surface area contributed by atoms with E-state index < -0.39 is 0 Å². The molecule has 0 amide bonds. The highest BCUT2D eigenvalue weighted by Gasteiger charge is 2.13. The van der Waals surface area contributed by atoms with Crippen LogP contribution in [0.4, 0.5) is 5.82 Å². The van der Waals surface area contributed by atoms with Crippen LogP contribution < -0.4 is 5.73 Å². The Kier molecular flexibility index (Phi) is 3.78. The molecule has 7 heteroatoms. The smallest absolute Gasteiger partial charge is 0.333 e. The molecule has 0 bridgehead atoms. The number of nitrogen functional groups attached to an aromatic ring is 1. The number of imidazole rings is 1. The average Bonchev–Trinajstić information content (AvgIpc) is 3.20. The van der Waals surface area contributed by atoms with Crippen LogP contribution in [0.15, 0.2) is 30.5 Å². The molecule has 1 aromatic carbocycles. The molecule has 24 heavy (non-hydrogen) atoms. The van der Waals surface area contributed by atoms with E-state index >= 15 is 0 Å². The summed E-state index contributed by atoms with van der Waals surface area (Å²) in [5.41, 5.74) is 9.59. The van der Waals surface area contributed by atoms with E-state index in [1.54, 1.807) is 10.7 Å². The molecule has 0 aliphatic carbocycles. The number of fused-ring (bicyclic) bond motifs is 1. The van der Waals surface area contributed by atoms with Crippen LogP contribution in [-0.4, -0.2) is 42.7 Å². The third-order valence-corrected chi connectivity index (χ3v) is 4.46. The summed E-state index contributed by atoms with van der Waals surface area (Å²) >= 11 is 0. The number of benzene rings is 1. The second kappa shape index (κ2) is 6.09. The van der Waals surface area contributed by atoms with Crippen molar-refractivity contribution in [2.75, 3.05) is 18.8 Å². The summed E-state index contributed by atoms with van der Waals surface area (Å²) in [7, 11) is 0. The number of aromatic nitrogens is 4. The van der Waals surface area contributed by atoms with Gasteiger partial charge in [-0.05, 0) is 37.1 Å². The Morgan fingerprint density at radius 1 is 1.08 bits per heavy atom. The molecule has 7 nitrogen and oxygen atoms in total. The Hall–Kier alpha value is -2.67. The van der Waals surface area contributed by atoms with Crippen LogP contribution in [0.2, 0.25) is 0 Å². The zero-order valence-corrected chi connectivity index (χ0v) is 13.4. The number of hydrogen-bond donors (Lipinski definition) is 2. The van der Waals surface area contributed by atoms with Gasteiger partial charge in [-0.2, -0.15) is 4.98 Å². The Morgan fingerprint density at radius 2 is 1.79 bits per heavy atom. The number of hydrogen-bond acceptors (Lipinski definition) is 6. The number of aromatic hydroxyl groups is 1. The van der Waals surface area contributed by atoms with Crippen molar-refractivity contribution >= 4 is 11.5 Å². The third-order valence-electron chi connectivity index (χ3n) is 4.46. The molecule has 3 N–H and O–H groups in total. The largest absolute Gasteiger partial charge is 0.478 e. The van der Waals surface area contributed by atoms with E-state index in [1.807, 2.05) is 0 Å². The lowest BCUT2D eigenvalue weighted by Gasteiger charge is -2.14. The Labute approximate surface area is 139 Å². The molecule has 0 atom stereocenters. The fourth-order valence-corrected chi connectivity index (χ4v) is 3.23. The maximum atomic E-state index is 9.54. The van der Waals surface area contributed by atoms with Gasteiger partial charge < -0.3 is 10.8 Å². The SMILES string of the molecule is Nc1nc(O)nn2c(Cc3ccc(CN4CCCC4)cc3)cnc12. The summed E-state index contributed by atoms with van der Waals surface area (Å²) < 4.78 is 1.55. The van der Waals surface area contributed by atoms with Crippen LogP contribution >= 0.6 is 0 Å². The monoisotopic (exact) mass is 324 g/mol.